The fourth-order valence-corrected chi connectivity index (χ4v) is 4.22. The summed E-state index contributed by atoms with van der Waals surface area (Å²) < 4.78 is 16.8. The lowest BCUT2D eigenvalue weighted by Crippen LogP contribution is -2.48. The Labute approximate surface area is 181 Å². The van der Waals surface area contributed by atoms with Crippen LogP contribution in [0.5, 0.6) is 0 Å². The van der Waals surface area contributed by atoms with E-state index in [9.17, 15) is 14.0 Å². The fraction of sp³-hybridized carbons (Fsp3) is 0.280. The van der Waals surface area contributed by atoms with Crippen LogP contribution in [0.25, 0.3) is 0 Å². The van der Waals surface area contributed by atoms with Gasteiger partial charge in [-0.05, 0) is 36.8 Å². The lowest BCUT2D eigenvalue weighted by molar-refractivity contribution is -0.134. The van der Waals surface area contributed by atoms with Gasteiger partial charge in [0.25, 0.3) is 5.91 Å². The second kappa shape index (κ2) is 9.16. The number of carbonyl (C=O) groups excluding carboxylic acids is 2. The summed E-state index contributed by atoms with van der Waals surface area (Å²) in [5.41, 5.74) is 1.90. The van der Waals surface area contributed by atoms with Crippen molar-refractivity contribution in [1.82, 2.24) is 14.4 Å². The summed E-state index contributed by atoms with van der Waals surface area (Å²) in [5.74, 6) is -0.692. The molecule has 2 heterocycles. The molecule has 0 saturated carbocycles. The molecule has 0 bridgehead atoms. The van der Waals surface area contributed by atoms with Gasteiger partial charge in [-0.2, -0.15) is 0 Å². The molecule has 1 aliphatic rings. The molecular weight excluding hydrogens is 393 g/mol. The van der Waals surface area contributed by atoms with Gasteiger partial charge in [0.1, 0.15) is 18.4 Å². The number of aromatic nitrogens is 1. The molecule has 1 atom stereocenters. The van der Waals surface area contributed by atoms with Crippen LogP contribution in [0.3, 0.4) is 0 Å². The Balaban J connectivity index is 1.63. The van der Waals surface area contributed by atoms with Crippen molar-refractivity contribution in [2.75, 3.05) is 19.6 Å². The predicted molar refractivity (Wildman–Crippen MR) is 117 cm³/mol. The molecule has 5 nitrogen and oxygen atoms in total. The minimum absolute atomic E-state index is 0.0345. The van der Waals surface area contributed by atoms with Gasteiger partial charge in [-0.15, -0.1) is 0 Å². The molecule has 0 aliphatic carbocycles. The van der Waals surface area contributed by atoms with Crippen LogP contribution in [-0.2, 0) is 11.3 Å². The molecule has 0 spiro atoms. The number of hydrogen-bond donors (Lipinski definition) is 0. The number of rotatable bonds is 6. The number of halogens is 1. The molecule has 4 rings (SSSR count). The van der Waals surface area contributed by atoms with Crippen LogP contribution in [0, 0.1) is 5.82 Å². The smallest absolute Gasteiger partial charge is 0.254 e. The lowest BCUT2D eigenvalue weighted by atomic mass is 9.99. The molecule has 31 heavy (non-hydrogen) atoms. The Morgan fingerprint density at radius 1 is 1.00 bits per heavy atom. The third-order valence-electron chi connectivity index (χ3n) is 5.69. The summed E-state index contributed by atoms with van der Waals surface area (Å²) in [6.45, 7) is 3.52. The number of fused-ring (bicyclic) bond motifs is 1. The van der Waals surface area contributed by atoms with Gasteiger partial charge in [0.05, 0.1) is 0 Å². The van der Waals surface area contributed by atoms with E-state index < -0.39 is 6.04 Å². The number of carbonyl (C=O) groups is 2. The number of benzene rings is 2. The topological polar surface area (TPSA) is 45.6 Å². The monoisotopic (exact) mass is 419 g/mol. The Kier molecular flexibility index (Phi) is 6.16. The van der Waals surface area contributed by atoms with Gasteiger partial charge in [0, 0.05) is 42.7 Å². The highest BCUT2D eigenvalue weighted by Crippen LogP contribution is 2.34. The zero-order valence-electron chi connectivity index (χ0n) is 17.6. The van der Waals surface area contributed by atoms with Crippen molar-refractivity contribution in [3.05, 3.63) is 95.6 Å². The summed E-state index contributed by atoms with van der Waals surface area (Å²) in [5, 5.41) is 0. The van der Waals surface area contributed by atoms with E-state index in [1.165, 1.54) is 6.07 Å². The summed E-state index contributed by atoms with van der Waals surface area (Å²) in [6, 6.07) is 18.9. The minimum atomic E-state index is -0.521. The molecular formula is C25H26FN3O2. The maximum Gasteiger partial charge on any atom is 0.254 e. The third kappa shape index (κ3) is 4.24. The Morgan fingerprint density at radius 3 is 2.48 bits per heavy atom. The molecule has 0 N–H and O–H groups in total. The highest BCUT2D eigenvalue weighted by molar-refractivity contribution is 5.96. The number of amides is 2. The molecule has 0 radical (unpaired) electrons. The van der Waals surface area contributed by atoms with Crippen molar-refractivity contribution >= 4 is 11.8 Å². The molecule has 0 fully saturated rings. The summed E-state index contributed by atoms with van der Waals surface area (Å²) in [6.07, 6.45) is 2.69. The average molecular weight is 420 g/mol. The van der Waals surface area contributed by atoms with E-state index in [-0.39, 0.29) is 24.2 Å². The summed E-state index contributed by atoms with van der Waals surface area (Å²) in [4.78, 5) is 29.7. The summed E-state index contributed by atoms with van der Waals surface area (Å²) >= 11 is 0. The molecule has 3 aromatic rings. The second-order valence-electron chi connectivity index (χ2n) is 7.73. The van der Waals surface area contributed by atoms with Gasteiger partial charge in [-0.1, -0.05) is 43.3 Å². The second-order valence-corrected chi connectivity index (χ2v) is 7.73. The van der Waals surface area contributed by atoms with Crippen LogP contribution in [0.4, 0.5) is 4.39 Å². The van der Waals surface area contributed by atoms with Crippen LogP contribution in [0.1, 0.15) is 41.0 Å². The van der Waals surface area contributed by atoms with Gasteiger partial charge in [0.15, 0.2) is 0 Å². The third-order valence-corrected chi connectivity index (χ3v) is 5.69. The maximum absolute atomic E-state index is 14.7. The lowest BCUT2D eigenvalue weighted by Gasteiger charge is -2.38. The Bertz CT molecular complexity index is 1060. The van der Waals surface area contributed by atoms with E-state index in [0.29, 0.717) is 30.8 Å². The average Bonchev–Trinajstić information content (AvgIpc) is 3.27. The number of hydrogen-bond acceptors (Lipinski definition) is 2. The zero-order valence-corrected chi connectivity index (χ0v) is 17.6. The van der Waals surface area contributed by atoms with E-state index in [1.54, 1.807) is 40.1 Å². The van der Waals surface area contributed by atoms with Crippen molar-refractivity contribution in [3.63, 3.8) is 0 Å². The first-order valence-electron chi connectivity index (χ1n) is 10.6. The van der Waals surface area contributed by atoms with Crippen LogP contribution in [0.15, 0.2) is 72.9 Å². The molecule has 160 valence electrons. The fourth-order valence-electron chi connectivity index (χ4n) is 4.22. The molecule has 6 heteroatoms. The zero-order chi connectivity index (χ0) is 21.8. The SMILES string of the molecule is CCCN(CC(=O)N1CCn2cccc2C1c1ccccc1F)C(=O)c1ccccc1. The van der Waals surface area contributed by atoms with Crippen molar-refractivity contribution in [2.45, 2.75) is 25.9 Å². The standard InChI is InChI=1S/C25H26FN3O2/c1-2-14-28(25(31)19-9-4-3-5-10-19)18-23(30)29-17-16-27-15-8-13-22(27)24(29)20-11-6-7-12-21(20)26/h3-13,15,24H,2,14,16-18H2,1H3. The normalized spacial score (nSPS) is 15.4. The Morgan fingerprint density at radius 2 is 1.74 bits per heavy atom. The van der Waals surface area contributed by atoms with Gasteiger partial charge < -0.3 is 14.4 Å². The van der Waals surface area contributed by atoms with E-state index >= 15 is 0 Å². The maximum atomic E-state index is 14.7. The van der Waals surface area contributed by atoms with Crippen LogP contribution < -0.4 is 0 Å². The van der Waals surface area contributed by atoms with Gasteiger partial charge in [-0.3, -0.25) is 9.59 Å². The van der Waals surface area contributed by atoms with Gasteiger partial charge >= 0.3 is 0 Å². The van der Waals surface area contributed by atoms with E-state index in [1.807, 2.05) is 43.5 Å². The molecule has 1 aliphatic heterocycles. The van der Waals surface area contributed by atoms with Crippen molar-refractivity contribution < 1.29 is 14.0 Å². The van der Waals surface area contributed by atoms with E-state index in [0.717, 1.165) is 12.1 Å². The van der Waals surface area contributed by atoms with Crippen molar-refractivity contribution in [3.8, 4) is 0 Å². The van der Waals surface area contributed by atoms with Gasteiger partial charge in [-0.25, -0.2) is 4.39 Å². The first-order valence-corrected chi connectivity index (χ1v) is 10.6. The molecule has 1 aromatic heterocycles. The molecule has 2 aromatic carbocycles. The minimum Gasteiger partial charge on any atom is -0.348 e. The largest absolute Gasteiger partial charge is 0.348 e. The highest BCUT2D eigenvalue weighted by Gasteiger charge is 2.34. The van der Waals surface area contributed by atoms with E-state index in [4.69, 9.17) is 0 Å². The van der Waals surface area contributed by atoms with Crippen LogP contribution in [0.2, 0.25) is 0 Å². The first-order chi connectivity index (χ1) is 15.1. The van der Waals surface area contributed by atoms with Crippen molar-refractivity contribution in [2.24, 2.45) is 0 Å². The van der Waals surface area contributed by atoms with E-state index in [2.05, 4.69) is 4.57 Å². The molecule has 2 amide bonds. The molecule has 1 unspecified atom stereocenters. The molecule has 0 saturated heterocycles. The van der Waals surface area contributed by atoms with Gasteiger partial charge in [0.2, 0.25) is 5.91 Å². The number of nitrogens with zero attached hydrogens (tertiary/aromatic N) is 3. The first kappa shape index (κ1) is 20.8. The highest BCUT2D eigenvalue weighted by atomic mass is 19.1. The quantitative estimate of drug-likeness (QED) is 0.604. The van der Waals surface area contributed by atoms with Crippen LogP contribution >= 0.6 is 0 Å². The summed E-state index contributed by atoms with van der Waals surface area (Å²) in [7, 11) is 0. The predicted octanol–water partition coefficient (Wildman–Crippen LogP) is 4.11. The Hall–Kier alpha value is -3.41. The van der Waals surface area contributed by atoms with Crippen LogP contribution in [-0.4, -0.2) is 45.8 Å². The van der Waals surface area contributed by atoms with Crippen molar-refractivity contribution in [1.29, 1.82) is 0 Å².